The average molecular weight is 204 g/mol. The normalized spacial score (nSPS) is 16.6. The number of nitrogens with zero attached hydrogens (tertiary/aromatic N) is 3. The summed E-state index contributed by atoms with van der Waals surface area (Å²) >= 11 is 0. The number of nitrogens with one attached hydrogen (secondary N) is 1. The molecule has 0 saturated heterocycles. The standard InChI is InChI=1S/C6H12N4O2S/c7-10-8-3-4-9-13(11,12)5-6-1-2-6/h6,9H,1-5H2. The van der Waals surface area contributed by atoms with Gasteiger partial charge in [0.05, 0.1) is 5.75 Å². The van der Waals surface area contributed by atoms with Crippen molar-refractivity contribution in [1.82, 2.24) is 4.72 Å². The van der Waals surface area contributed by atoms with E-state index in [1.807, 2.05) is 0 Å². The fourth-order valence-corrected chi connectivity index (χ4v) is 2.42. The summed E-state index contributed by atoms with van der Waals surface area (Å²) in [6.07, 6.45) is 2.02. The highest BCUT2D eigenvalue weighted by molar-refractivity contribution is 7.89. The molecule has 0 amide bonds. The molecule has 74 valence electrons. The fraction of sp³-hybridized carbons (Fsp3) is 1.00. The van der Waals surface area contributed by atoms with Crippen molar-refractivity contribution in [3.05, 3.63) is 10.4 Å². The molecule has 6 nitrogen and oxygen atoms in total. The molecule has 0 atom stereocenters. The van der Waals surface area contributed by atoms with Crippen LogP contribution in [0.3, 0.4) is 0 Å². The number of sulfonamides is 1. The zero-order valence-electron chi connectivity index (χ0n) is 7.18. The van der Waals surface area contributed by atoms with Crippen LogP contribution in [0.4, 0.5) is 0 Å². The number of hydrogen-bond acceptors (Lipinski definition) is 3. The largest absolute Gasteiger partial charge is 0.215 e. The van der Waals surface area contributed by atoms with Gasteiger partial charge in [0.15, 0.2) is 0 Å². The van der Waals surface area contributed by atoms with E-state index in [4.69, 9.17) is 5.53 Å². The Morgan fingerprint density at radius 3 is 2.77 bits per heavy atom. The Morgan fingerprint density at radius 1 is 1.54 bits per heavy atom. The van der Waals surface area contributed by atoms with Crippen molar-refractivity contribution in [1.29, 1.82) is 0 Å². The number of hydrogen-bond donors (Lipinski definition) is 1. The summed E-state index contributed by atoms with van der Waals surface area (Å²) in [7, 11) is -3.13. The number of azide groups is 1. The van der Waals surface area contributed by atoms with E-state index >= 15 is 0 Å². The molecule has 1 N–H and O–H groups in total. The second-order valence-corrected chi connectivity index (χ2v) is 4.93. The summed E-state index contributed by atoms with van der Waals surface area (Å²) in [5, 5.41) is 3.22. The highest BCUT2D eigenvalue weighted by Gasteiger charge is 2.27. The number of rotatable bonds is 6. The quantitative estimate of drug-likeness (QED) is 0.297. The van der Waals surface area contributed by atoms with Gasteiger partial charge in [0, 0.05) is 18.0 Å². The van der Waals surface area contributed by atoms with E-state index in [0.29, 0.717) is 5.92 Å². The first-order valence-electron chi connectivity index (χ1n) is 4.12. The zero-order valence-corrected chi connectivity index (χ0v) is 8.00. The second kappa shape index (κ2) is 4.45. The van der Waals surface area contributed by atoms with Crippen LogP contribution in [0, 0.1) is 5.92 Å². The smallest absolute Gasteiger partial charge is 0.211 e. The molecular formula is C6H12N4O2S. The minimum Gasteiger partial charge on any atom is -0.215 e. The topological polar surface area (TPSA) is 94.9 Å². The molecule has 7 heteroatoms. The fourth-order valence-electron chi connectivity index (χ4n) is 0.950. The van der Waals surface area contributed by atoms with Crippen molar-refractivity contribution in [3.63, 3.8) is 0 Å². The molecule has 0 aromatic heterocycles. The maximum Gasteiger partial charge on any atom is 0.211 e. The molecule has 0 aromatic rings. The van der Waals surface area contributed by atoms with Gasteiger partial charge in [0.25, 0.3) is 0 Å². The first kappa shape index (κ1) is 10.3. The van der Waals surface area contributed by atoms with Crippen LogP contribution in [0.15, 0.2) is 5.11 Å². The predicted molar refractivity (Wildman–Crippen MR) is 48.5 cm³/mol. The highest BCUT2D eigenvalue weighted by Crippen LogP contribution is 2.29. The predicted octanol–water partition coefficient (Wildman–Crippen LogP) is 0.626. The first-order chi connectivity index (χ1) is 6.14. The Bertz CT molecular complexity index is 303. The van der Waals surface area contributed by atoms with Crippen LogP contribution in [0.5, 0.6) is 0 Å². The third kappa shape index (κ3) is 4.72. The Morgan fingerprint density at radius 2 is 2.23 bits per heavy atom. The molecular weight excluding hydrogens is 192 g/mol. The molecule has 0 aliphatic heterocycles. The monoisotopic (exact) mass is 204 g/mol. The van der Waals surface area contributed by atoms with Crippen LogP contribution in [0.25, 0.3) is 10.4 Å². The lowest BCUT2D eigenvalue weighted by Gasteiger charge is -2.02. The minimum absolute atomic E-state index is 0.167. The molecule has 0 spiro atoms. The lowest BCUT2D eigenvalue weighted by atomic mass is 10.5. The molecule has 1 aliphatic carbocycles. The summed E-state index contributed by atoms with van der Waals surface area (Å²) in [4.78, 5) is 2.52. The van der Waals surface area contributed by atoms with Crippen LogP contribution < -0.4 is 4.72 Å². The molecule has 1 fully saturated rings. The Labute approximate surface area is 77.0 Å². The second-order valence-electron chi connectivity index (χ2n) is 3.07. The molecule has 0 radical (unpaired) electrons. The third-order valence-electron chi connectivity index (χ3n) is 1.75. The Balaban J connectivity index is 2.20. The molecule has 13 heavy (non-hydrogen) atoms. The van der Waals surface area contributed by atoms with Gasteiger partial charge in [-0.25, -0.2) is 13.1 Å². The van der Waals surface area contributed by atoms with Crippen molar-refractivity contribution in [3.8, 4) is 0 Å². The van der Waals surface area contributed by atoms with E-state index in [0.717, 1.165) is 12.8 Å². The summed E-state index contributed by atoms with van der Waals surface area (Å²) in [6, 6.07) is 0. The highest BCUT2D eigenvalue weighted by atomic mass is 32.2. The summed E-state index contributed by atoms with van der Waals surface area (Å²) in [6.45, 7) is 0.361. The van der Waals surface area contributed by atoms with Gasteiger partial charge in [0.2, 0.25) is 10.0 Å². The van der Waals surface area contributed by atoms with Gasteiger partial charge < -0.3 is 0 Å². The maximum atomic E-state index is 11.2. The Hall–Kier alpha value is -0.780. The van der Waals surface area contributed by atoms with Crippen LogP contribution in [-0.2, 0) is 10.0 Å². The first-order valence-corrected chi connectivity index (χ1v) is 5.77. The van der Waals surface area contributed by atoms with Crippen LogP contribution in [0.2, 0.25) is 0 Å². The van der Waals surface area contributed by atoms with Gasteiger partial charge in [-0.2, -0.15) is 0 Å². The zero-order chi connectivity index (χ0) is 9.73. The Kier molecular flexibility index (Phi) is 3.53. The molecule has 1 aliphatic rings. The van der Waals surface area contributed by atoms with Gasteiger partial charge in [-0.1, -0.05) is 5.11 Å². The van der Waals surface area contributed by atoms with E-state index in [1.165, 1.54) is 0 Å². The van der Waals surface area contributed by atoms with Crippen molar-refractivity contribution in [2.24, 2.45) is 11.0 Å². The van der Waals surface area contributed by atoms with Crippen molar-refractivity contribution in [2.75, 3.05) is 18.8 Å². The van der Waals surface area contributed by atoms with Crippen molar-refractivity contribution in [2.45, 2.75) is 12.8 Å². The van der Waals surface area contributed by atoms with E-state index in [1.54, 1.807) is 0 Å². The molecule has 1 rings (SSSR count). The summed E-state index contributed by atoms with van der Waals surface area (Å²) < 4.78 is 24.8. The van der Waals surface area contributed by atoms with Gasteiger partial charge >= 0.3 is 0 Å². The van der Waals surface area contributed by atoms with Crippen LogP contribution in [-0.4, -0.2) is 27.3 Å². The van der Waals surface area contributed by atoms with Gasteiger partial charge in [-0.3, -0.25) is 0 Å². The molecule has 0 unspecified atom stereocenters. The van der Waals surface area contributed by atoms with Crippen molar-refractivity contribution >= 4 is 10.0 Å². The van der Waals surface area contributed by atoms with Crippen LogP contribution in [0.1, 0.15) is 12.8 Å². The lowest BCUT2D eigenvalue weighted by molar-refractivity contribution is 0.578. The average Bonchev–Trinajstić information content (AvgIpc) is 2.81. The minimum atomic E-state index is -3.13. The van der Waals surface area contributed by atoms with E-state index in [-0.39, 0.29) is 18.8 Å². The van der Waals surface area contributed by atoms with Gasteiger partial charge in [0.1, 0.15) is 0 Å². The summed E-state index contributed by atoms with van der Waals surface area (Å²) in [5.41, 5.74) is 7.93. The van der Waals surface area contributed by atoms with E-state index < -0.39 is 10.0 Å². The molecule has 0 heterocycles. The van der Waals surface area contributed by atoms with Gasteiger partial charge in [-0.05, 0) is 24.3 Å². The molecule has 0 bridgehead atoms. The van der Waals surface area contributed by atoms with Crippen LogP contribution >= 0.6 is 0 Å². The van der Waals surface area contributed by atoms with E-state index in [9.17, 15) is 8.42 Å². The third-order valence-corrected chi connectivity index (χ3v) is 3.30. The van der Waals surface area contributed by atoms with Gasteiger partial charge in [-0.15, -0.1) is 0 Å². The molecule has 1 saturated carbocycles. The molecule has 0 aromatic carbocycles. The van der Waals surface area contributed by atoms with E-state index in [2.05, 4.69) is 14.7 Å². The van der Waals surface area contributed by atoms with Crippen molar-refractivity contribution < 1.29 is 8.42 Å². The lowest BCUT2D eigenvalue weighted by Crippen LogP contribution is -2.29. The maximum absolute atomic E-state index is 11.2. The summed E-state index contributed by atoms with van der Waals surface area (Å²) in [5.74, 6) is 0.556. The SMILES string of the molecule is [N-]=[N+]=NCCNS(=O)(=O)CC1CC1.